The van der Waals surface area contributed by atoms with Crippen molar-refractivity contribution in [2.24, 2.45) is 0 Å². The number of aliphatic hydroxyl groups excluding tert-OH is 1. The van der Waals surface area contributed by atoms with Crippen LogP contribution < -0.4 is 14.8 Å². The lowest BCUT2D eigenvalue weighted by atomic mass is 10.1. The molecule has 27 heavy (non-hydrogen) atoms. The summed E-state index contributed by atoms with van der Waals surface area (Å²) in [5, 5.41) is 14.2. The third kappa shape index (κ3) is 7.77. The first-order chi connectivity index (χ1) is 13.0. The van der Waals surface area contributed by atoms with Crippen molar-refractivity contribution >= 4 is 11.6 Å². The van der Waals surface area contributed by atoms with Gasteiger partial charge in [0, 0.05) is 23.7 Å². The Bertz CT molecular complexity index is 710. The van der Waals surface area contributed by atoms with Crippen LogP contribution in [0.15, 0.2) is 42.5 Å². The summed E-state index contributed by atoms with van der Waals surface area (Å²) in [6.07, 6.45) is 0.355. The third-order valence-electron chi connectivity index (χ3n) is 4.07. The maximum atomic E-state index is 10.0. The number of nitrogens with one attached hydrogen (secondary N) is 1. The van der Waals surface area contributed by atoms with Gasteiger partial charge in [0.1, 0.15) is 24.2 Å². The summed E-state index contributed by atoms with van der Waals surface area (Å²) in [5.41, 5.74) is 2.20. The fraction of sp³-hybridized carbons (Fsp3) is 0.429. The van der Waals surface area contributed by atoms with E-state index in [0.717, 1.165) is 35.1 Å². The highest BCUT2D eigenvalue weighted by Gasteiger charge is 2.10. The van der Waals surface area contributed by atoms with E-state index in [2.05, 4.69) is 11.4 Å². The van der Waals surface area contributed by atoms with Crippen molar-refractivity contribution < 1.29 is 14.6 Å². The number of ether oxygens (including phenoxy) is 2. The van der Waals surface area contributed by atoms with Gasteiger partial charge in [-0.3, -0.25) is 0 Å². The van der Waals surface area contributed by atoms with Gasteiger partial charge in [0.15, 0.2) is 0 Å². The highest BCUT2D eigenvalue weighted by Crippen LogP contribution is 2.24. The first-order valence-electron chi connectivity index (χ1n) is 9.05. The normalized spacial score (nSPS) is 12.2. The zero-order valence-electron chi connectivity index (χ0n) is 16.2. The molecule has 1 unspecified atom stereocenters. The Balaban J connectivity index is 1.90. The molecule has 0 amide bonds. The first kappa shape index (κ1) is 21.5. The molecule has 6 heteroatoms. The van der Waals surface area contributed by atoms with E-state index < -0.39 is 6.10 Å². The molecular formula is C21H29ClN2O3. The van der Waals surface area contributed by atoms with E-state index >= 15 is 0 Å². The van der Waals surface area contributed by atoms with Crippen LogP contribution in [0.3, 0.4) is 0 Å². The summed E-state index contributed by atoms with van der Waals surface area (Å²) < 4.78 is 11.2. The molecule has 2 aromatic carbocycles. The molecule has 0 aliphatic rings. The van der Waals surface area contributed by atoms with Crippen molar-refractivity contribution in [3.8, 4) is 11.5 Å². The summed E-state index contributed by atoms with van der Waals surface area (Å²) in [6.45, 7) is 2.28. The van der Waals surface area contributed by atoms with Crippen molar-refractivity contribution in [3.05, 3.63) is 58.6 Å². The fourth-order valence-electron chi connectivity index (χ4n) is 2.77. The van der Waals surface area contributed by atoms with Crippen LogP contribution in [-0.2, 0) is 13.0 Å². The molecule has 2 N–H and O–H groups in total. The number of hydrogen-bond donors (Lipinski definition) is 2. The minimum Gasteiger partial charge on any atom is -0.497 e. The van der Waals surface area contributed by atoms with Crippen LogP contribution >= 0.6 is 11.6 Å². The SMILES string of the molecule is COc1ccc(OCC(O)CN(C)C)c(CNCCc2cccc(Cl)c2)c1. The average molecular weight is 393 g/mol. The van der Waals surface area contributed by atoms with Crippen LogP contribution in [0.4, 0.5) is 0 Å². The highest BCUT2D eigenvalue weighted by atomic mass is 35.5. The van der Waals surface area contributed by atoms with E-state index in [1.165, 1.54) is 5.56 Å². The molecule has 148 valence electrons. The molecule has 0 aliphatic heterocycles. The quantitative estimate of drug-likeness (QED) is 0.576. The molecule has 0 bridgehead atoms. The minimum atomic E-state index is -0.536. The van der Waals surface area contributed by atoms with Gasteiger partial charge in [0.2, 0.25) is 0 Å². The van der Waals surface area contributed by atoms with E-state index in [-0.39, 0.29) is 6.61 Å². The molecule has 5 nitrogen and oxygen atoms in total. The maximum Gasteiger partial charge on any atom is 0.124 e. The molecule has 0 fully saturated rings. The second kappa shape index (κ2) is 11.1. The molecule has 0 heterocycles. The number of nitrogens with zero attached hydrogens (tertiary/aromatic N) is 1. The Morgan fingerprint density at radius 2 is 2.00 bits per heavy atom. The number of hydrogen-bond acceptors (Lipinski definition) is 5. The van der Waals surface area contributed by atoms with E-state index in [4.69, 9.17) is 21.1 Å². The van der Waals surface area contributed by atoms with Crippen molar-refractivity contribution in [1.82, 2.24) is 10.2 Å². The molecule has 0 spiro atoms. The molecule has 0 saturated heterocycles. The van der Waals surface area contributed by atoms with E-state index in [9.17, 15) is 5.11 Å². The molecule has 0 aliphatic carbocycles. The van der Waals surface area contributed by atoms with Gasteiger partial charge < -0.3 is 24.8 Å². The Labute approximate surface area is 166 Å². The summed E-state index contributed by atoms with van der Waals surface area (Å²) in [4.78, 5) is 1.93. The number of aliphatic hydroxyl groups is 1. The molecule has 0 saturated carbocycles. The molecule has 2 aromatic rings. The van der Waals surface area contributed by atoms with E-state index in [1.807, 2.05) is 55.4 Å². The summed E-state index contributed by atoms with van der Waals surface area (Å²) in [5.74, 6) is 1.53. The topological polar surface area (TPSA) is 54.0 Å². The second-order valence-electron chi connectivity index (χ2n) is 6.76. The van der Waals surface area contributed by atoms with Gasteiger partial charge in [0.25, 0.3) is 0 Å². The van der Waals surface area contributed by atoms with Crippen LogP contribution in [0.2, 0.25) is 5.02 Å². The molecule has 1 atom stereocenters. The molecule has 2 rings (SSSR count). The van der Waals surface area contributed by atoms with Gasteiger partial charge >= 0.3 is 0 Å². The monoisotopic (exact) mass is 392 g/mol. The van der Waals surface area contributed by atoms with E-state index in [1.54, 1.807) is 7.11 Å². The van der Waals surface area contributed by atoms with Gasteiger partial charge in [-0.25, -0.2) is 0 Å². The lowest BCUT2D eigenvalue weighted by Crippen LogP contribution is -2.30. The zero-order valence-corrected chi connectivity index (χ0v) is 17.0. The second-order valence-corrected chi connectivity index (χ2v) is 7.19. The predicted octanol–water partition coefficient (Wildman–Crippen LogP) is 2.98. The maximum absolute atomic E-state index is 10.0. The van der Waals surface area contributed by atoms with Crippen molar-refractivity contribution in [1.29, 1.82) is 0 Å². The van der Waals surface area contributed by atoms with Crippen LogP contribution in [0.25, 0.3) is 0 Å². The smallest absolute Gasteiger partial charge is 0.124 e. The molecule has 0 radical (unpaired) electrons. The summed E-state index contributed by atoms with van der Waals surface area (Å²) >= 11 is 6.03. The first-order valence-corrected chi connectivity index (χ1v) is 9.43. The zero-order chi connectivity index (χ0) is 19.6. The Morgan fingerprint density at radius 1 is 1.19 bits per heavy atom. The van der Waals surface area contributed by atoms with Gasteiger partial charge in [-0.1, -0.05) is 23.7 Å². The number of likely N-dealkylation sites (N-methyl/N-ethyl adjacent to an activating group) is 1. The summed E-state index contributed by atoms with van der Waals surface area (Å²) in [6, 6.07) is 13.6. The Hall–Kier alpha value is -1.79. The number of rotatable bonds is 11. The van der Waals surface area contributed by atoms with E-state index in [0.29, 0.717) is 13.1 Å². The standard InChI is InChI=1S/C21H29ClN2O3/c1-24(2)14-19(25)15-27-21-8-7-20(26-3)12-17(21)13-23-10-9-16-5-4-6-18(22)11-16/h4-8,11-12,19,23,25H,9-10,13-15H2,1-3H3. The number of benzene rings is 2. The fourth-order valence-corrected chi connectivity index (χ4v) is 2.98. The average Bonchev–Trinajstić information content (AvgIpc) is 2.63. The van der Waals surface area contributed by atoms with Crippen LogP contribution in [0.1, 0.15) is 11.1 Å². The number of methoxy groups -OCH3 is 1. The lowest BCUT2D eigenvalue weighted by Gasteiger charge is -2.18. The minimum absolute atomic E-state index is 0.250. The predicted molar refractivity (Wildman–Crippen MR) is 110 cm³/mol. The molecule has 0 aromatic heterocycles. The van der Waals surface area contributed by atoms with Crippen molar-refractivity contribution in [2.75, 3.05) is 40.9 Å². The van der Waals surface area contributed by atoms with Crippen LogP contribution in [0, 0.1) is 0 Å². The van der Waals surface area contributed by atoms with Gasteiger partial charge in [-0.05, 0) is 63.0 Å². The summed E-state index contributed by atoms with van der Waals surface area (Å²) in [7, 11) is 5.49. The number of halogens is 1. The lowest BCUT2D eigenvalue weighted by molar-refractivity contribution is 0.0826. The van der Waals surface area contributed by atoms with Gasteiger partial charge in [0.05, 0.1) is 7.11 Å². The Morgan fingerprint density at radius 3 is 2.70 bits per heavy atom. The van der Waals surface area contributed by atoms with Crippen LogP contribution in [-0.4, -0.2) is 57.0 Å². The Kier molecular flexibility index (Phi) is 8.88. The largest absolute Gasteiger partial charge is 0.497 e. The van der Waals surface area contributed by atoms with Crippen LogP contribution in [0.5, 0.6) is 11.5 Å². The van der Waals surface area contributed by atoms with Gasteiger partial charge in [-0.2, -0.15) is 0 Å². The third-order valence-corrected chi connectivity index (χ3v) is 4.30. The highest BCUT2D eigenvalue weighted by molar-refractivity contribution is 6.30. The van der Waals surface area contributed by atoms with Gasteiger partial charge in [-0.15, -0.1) is 0 Å². The van der Waals surface area contributed by atoms with Crippen molar-refractivity contribution in [2.45, 2.75) is 19.1 Å². The van der Waals surface area contributed by atoms with Crippen molar-refractivity contribution in [3.63, 3.8) is 0 Å². The molecular weight excluding hydrogens is 364 g/mol.